The summed E-state index contributed by atoms with van der Waals surface area (Å²) in [7, 11) is 1.65. The molecule has 1 saturated heterocycles. The van der Waals surface area contributed by atoms with E-state index >= 15 is 0 Å². The van der Waals surface area contributed by atoms with Crippen LogP contribution >= 0.6 is 23.2 Å². The number of nitrogens with one attached hydrogen (secondary N) is 1. The summed E-state index contributed by atoms with van der Waals surface area (Å²) >= 11 is 12.0. The number of aromatic nitrogens is 2. The number of nitrogens with zero attached hydrogens (tertiary/aromatic N) is 3. The number of carbonyl (C=O) groups is 1. The van der Waals surface area contributed by atoms with Gasteiger partial charge in [-0.2, -0.15) is 0 Å². The lowest BCUT2D eigenvalue weighted by atomic mass is 9.95. The Labute approximate surface area is 191 Å². The maximum Gasteiger partial charge on any atom is 0.227 e. The zero-order valence-corrected chi connectivity index (χ0v) is 18.5. The van der Waals surface area contributed by atoms with Gasteiger partial charge in [0.25, 0.3) is 0 Å². The van der Waals surface area contributed by atoms with Crippen LogP contribution in [-0.2, 0) is 4.79 Å². The Morgan fingerprint density at radius 3 is 2.45 bits per heavy atom. The third-order valence-corrected chi connectivity index (χ3v) is 6.15. The Morgan fingerprint density at radius 2 is 1.77 bits per heavy atom. The zero-order valence-electron chi connectivity index (χ0n) is 17.0. The Morgan fingerprint density at radius 1 is 1.03 bits per heavy atom. The molecule has 0 atom stereocenters. The maximum absolute atomic E-state index is 12.7. The van der Waals surface area contributed by atoms with E-state index in [2.05, 4.69) is 20.2 Å². The number of methoxy groups -OCH3 is 1. The molecule has 0 spiro atoms. The number of amides is 1. The Hall–Kier alpha value is -2.83. The lowest BCUT2D eigenvalue weighted by molar-refractivity contribution is -0.120. The molecule has 31 heavy (non-hydrogen) atoms. The van der Waals surface area contributed by atoms with Crippen molar-refractivity contribution in [2.45, 2.75) is 12.8 Å². The summed E-state index contributed by atoms with van der Waals surface area (Å²) in [5.74, 6) is 1.61. The van der Waals surface area contributed by atoms with Crippen molar-refractivity contribution in [1.29, 1.82) is 0 Å². The predicted molar refractivity (Wildman–Crippen MR) is 124 cm³/mol. The van der Waals surface area contributed by atoms with Crippen LogP contribution in [0.3, 0.4) is 0 Å². The molecule has 4 rings (SSSR count). The Bertz CT molecular complexity index is 1070. The number of rotatable bonds is 5. The summed E-state index contributed by atoms with van der Waals surface area (Å²) in [6, 6.07) is 14.9. The SMILES string of the molecule is COc1ccc(-c2cc(N3CCC(C(=O)Nc4ccc(Cl)c(Cl)c4)CC3)ncn2)cc1. The van der Waals surface area contributed by atoms with Crippen molar-refractivity contribution in [2.24, 2.45) is 5.92 Å². The second-order valence-electron chi connectivity index (χ2n) is 7.37. The molecular weight excluding hydrogens is 435 g/mol. The standard InChI is InChI=1S/C23H22Cl2N4O2/c1-31-18-5-2-15(3-6-18)21-13-22(27-14-26-21)29-10-8-16(9-11-29)23(30)28-17-4-7-19(24)20(25)12-17/h2-7,12-14,16H,8-11H2,1H3,(H,28,30). The van der Waals surface area contributed by atoms with E-state index < -0.39 is 0 Å². The van der Waals surface area contributed by atoms with Gasteiger partial charge in [-0.3, -0.25) is 4.79 Å². The second-order valence-corrected chi connectivity index (χ2v) is 8.18. The molecule has 6 nitrogen and oxygen atoms in total. The minimum atomic E-state index is -0.0615. The molecule has 3 aromatic rings. The highest BCUT2D eigenvalue weighted by Crippen LogP contribution is 2.28. The van der Waals surface area contributed by atoms with Crippen LogP contribution in [-0.4, -0.2) is 36.1 Å². The molecule has 1 amide bonds. The van der Waals surface area contributed by atoms with Gasteiger partial charge in [-0.25, -0.2) is 9.97 Å². The smallest absolute Gasteiger partial charge is 0.227 e. The first kappa shape index (κ1) is 21.4. The third kappa shape index (κ3) is 5.09. The number of anilines is 2. The predicted octanol–water partition coefficient (Wildman–Crippen LogP) is 5.31. The van der Waals surface area contributed by atoms with Gasteiger partial charge in [-0.15, -0.1) is 0 Å². The highest BCUT2D eigenvalue weighted by Gasteiger charge is 2.26. The van der Waals surface area contributed by atoms with E-state index in [9.17, 15) is 4.79 Å². The Balaban J connectivity index is 1.38. The fourth-order valence-corrected chi connectivity index (χ4v) is 3.93. The maximum atomic E-state index is 12.7. The first-order valence-electron chi connectivity index (χ1n) is 10.0. The van der Waals surface area contributed by atoms with Crippen LogP contribution in [0.15, 0.2) is 54.9 Å². The molecule has 1 aromatic heterocycles. The van der Waals surface area contributed by atoms with Gasteiger partial charge in [-0.1, -0.05) is 23.2 Å². The van der Waals surface area contributed by atoms with Crippen molar-refractivity contribution in [2.75, 3.05) is 30.4 Å². The number of piperidine rings is 1. The van der Waals surface area contributed by atoms with E-state index in [1.54, 1.807) is 31.6 Å². The molecule has 1 aliphatic rings. The third-order valence-electron chi connectivity index (χ3n) is 5.42. The van der Waals surface area contributed by atoms with Gasteiger partial charge in [-0.05, 0) is 55.3 Å². The van der Waals surface area contributed by atoms with Crippen molar-refractivity contribution in [1.82, 2.24) is 9.97 Å². The van der Waals surface area contributed by atoms with Gasteiger partial charge in [0.1, 0.15) is 17.9 Å². The molecule has 1 fully saturated rings. The number of carbonyl (C=O) groups excluding carboxylic acids is 1. The summed E-state index contributed by atoms with van der Waals surface area (Å²) in [5, 5.41) is 3.82. The average molecular weight is 457 g/mol. The molecule has 8 heteroatoms. The van der Waals surface area contributed by atoms with Gasteiger partial charge in [0.05, 0.1) is 22.8 Å². The van der Waals surface area contributed by atoms with Crippen molar-refractivity contribution < 1.29 is 9.53 Å². The summed E-state index contributed by atoms with van der Waals surface area (Å²) in [5.41, 5.74) is 2.51. The fraction of sp³-hybridized carbons (Fsp3) is 0.261. The highest BCUT2D eigenvalue weighted by molar-refractivity contribution is 6.42. The fourth-order valence-electron chi connectivity index (χ4n) is 3.63. The van der Waals surface area contributed by atoms with E-state index in [1.807, 2.05) is 30.3 Å². The van der Waals surface area contributed by atoms with Crippen LogP contribution in [0.25, 0.3) is 11.3 Å². The topological polar surface area (TPSA) is 67.3 Å². The minimum Gasteiger partial charge on any atom is -0.497 e. The van der Waals surface area contributed by atoms with Crippen LogP contribution in [0.2, 0.25) is 10.0 Å². The molecule has 1 N–H and O–H groups in total. The van der Waals surface area contributed by atoms with E-state index in [1.165, 1.54) is 0 Å². The van der Waals surface area contributed by atoms with Crippen LogP contribution in [0.5, 0.6) is 5.75 Å². The largest absolute Gasteiger partial charge is 0.497 e. The first-order chi connectivity index (χ1) is 15.0. The second kappa shape index (κ2) is 9.54. The number of hydrogen-bond donors (Lipinski definition) is 1. The molecular formula is C23H22Cl2N4O2. The number of ether oxygens (including phenoxy) is 1. The molecule has 0 unspecified atom stereocenters. The van der Waals surface area contributed by atoms with E-state index in [0.29, 0.717) is 15.7 Å². The van der Waals surface area contributed by atoms with Crippen molar-refractivity contribution in [3.8, 4) is 17.0 Å². The monoisotopic (exact) mass is 456 g/mol. The zero-order chi connectivity index (χ0) is 21.8. The van der Waals surface area contributed by atoms with Gasteiger partial charge < -0.3 is 15.0 Å². The summed E-state index contributed by atoms with van der Waals surface area (Å²) < 4.78 is 5.22. The van der Waals surface area contributed by atoms with Crippen LogP contribution in [0.4, 0.5) is 11.5 Å². The summed E-state index contributed by atoms with van der Waals surface area (Å²) in [6.07, 6.45) is 3.07. The van der Waals surface area contributed by atoms with Crippen molar-refractivity contribution >= 4 is 40.6 Å². The molecule has 2 heterocycles. The molecule has 2 aromatic carbocycles. The summed E-state index contributed by atoms with van der Waals surface area (Å²) in [4.78, 5) is 23.7. The number of hydrogen-bond acceptors (Lipinski definition) is 5. The molecule has 0 bridgehead atoms. The van der Waals surface area contributed by atoms with Crippen LogP contribution in [0, 0.1) is 5.92 Å². The molecule has 0 aliphatic carbocycles. The molecule has 1 aliphatic heterocycles. The van der Waals surface area contributed by atoms with Crippen LogP contribution in [0.1, 0.15) is 12.8 Å². The van der Waals surface area contributed by atoms with Crippen molar-refractivity contribution in [3.63, 3.8) is 0 Å². The van der Waals surface area contributed by atoms with E-state index in [4.69, 9.17) is 27.9 Å². The lowest BCUT2D eigenvalue weighted by Gasteiger charge is -2.32. The molecule has 0 radical (unpaired) electrons. The highest BCUT2D eigenvalue weighted by atomic mass is 35.5. The van der Waals surface area contributed by atoms with Crippen molar-refractivity contribution in [3.05, 3.63) is 64.9 Å². The van der Waals surface area contributed by atoms with E-state index in [-0.39, 0.29) is 11.8 Å². The normalized spacial score (nSPS) is 14.4. The minimum absolute atomic E-state index is 0.000325. The summed E-state index contributed by atoms with van der Waals surface area (Å²) in [6.45, 7) is 1.50. The van der Waals surface area contributed by atoms with Gasteiger partial charge in [0.15, 0.2) is 0 Å². The van der Waals surface area contributed by atoms with Gasteiger partial charge >= 0.3 is 0 Å². The number of halogens is 2. The average Bonchev–Trinajstić information content (AvgIpc) is 2.82. The molecule has 0 saturated carbocycles. The Kier molecular flexibility index (Phi) is 6.59. The quantitative estimate of drug-likeness (QED) is 0.562. The first-order valence-corrected chi connectivity index (χ1v) is 10.8. The van der Waals surface area contributed by atoms with E-state index in [0.717, 1.165) is 48.8 Å². The molecule has 160 valence electrons. The number of benzene rings is 2. The van der Waals surface area contributed by atoms with Crippen LogP contribution < -0.4 is 15.0 Å². The van der Waals surface area contributed by atoms with Gasteiger partial charge in [0, 0.05) is 36.3 Å². The lowest BCUT2D eigenvalue weighted by Crippen LogP contribution is -2.38. The van der Waals surface area contributed by atoms with Gasteiger partial charge in [0.2, 0.25) is 5.91 Å².